The fourth-order valence-electron chi connectivity index (χ4n) is 1.59. The lowest BCUT2D eigenvalue weighted by atomic mass is 10.1. The Morgan fingerprint density at radius 2 is 2.00 bits per heavy atom. The fraction of sp³-hybridized carbons (Fsp3) is 0.308. The van der Waals surface area contributed by atoms with E-state index in [1.165, 1.54) is 5.56 Å². The van der Waals surface area contributed by atoms with Crippen molar-refractivity contribution in [3.05, 3.63) is 42.1 Å². The standard InChI is InChI=1S/C13H16N2S/c1-10-5-4-6-11(9-10)12-7-8-15(14-12)13(2,3)16/h4-9,16H,1-3H3. The first kappa shape index (κ1) is 11.3. The van der Waals surface area contributed by atoms with E-state index in [-0.39, 0.29) is 4.87 Å². The molecule has 0 unspecified atom stereocenters. The van der Waals surface area contributed by atoms with Crippen LogP contribution in [0, 0.1) is 6.92 Å². The molecule has 16 heavy (non-hydrogen) atoms. The summed E-state index contributed by atoms with van der Waals surface area (Å²) in [7, 11) is 0. The number of benzene rings is 1. The van der Waals surface area contributed by atoms with E-state index in [0.717, 1.165) is 11.3 Å². The van der Waals surface area contributed by atoms with Crippen molar-refractivity contribution in [1.82, 2.24) is 9.78 Å². The van der Waals surface area contributed by atoms with Crippen LogP contribution in [-0.2, 0) is 4.87 Å². The maximum atomic E-state index is 4.53. The molecule has 2 nitrogen and oxygen atoms in total. The van der Waals surface area contributed by atoms with Gasteiger partial charge in [0.05, 0.1) is 10.6 Å². The van der Waals surface area contributed by atoms with E-state index in [1.54, 1.807) is 0 Å². The van der Waals surface area contributed by atoms with Crippen LogP contribution < -0.4 is 0 Å². The van der Waals surface area contributed by atoms with E-state index in [2.05, 4.69) is 48.9 Å². The number of nitrogens with zero attached hydrogens (tertiary/aromatic N) is 2. The van der Waals surface area contributed by atoms with Crippen LogP contribution in [0.25, 0.3) is 11.3 Å². The molecule has 0 atom stereocenters. The zero-order valence-electron chi connectivity index (χ0n) is 9.81. The maximum Gasteiger partial charge on any atom is 0.0992 e. The van der Waals surface area contributed by atoms with Crippen LogP contribution in [0.15, 0.2) is 36.5 Å². The topological polar surface area (TPSA) is 17.8 Å². The average Bonchev–Trinajstić information content (AvgIpc) is 2.65. The van der Waals surface area contributed by atoms with Crippen molar-refractivity contribution < 1.29 is 0 Å². The maximum absolute atomic E-state index is 4.53. The molecular weight excluding hydrogens is 216 g/mol. The fourth-order valence-corrected chi connectivity index (χ4v) is 1.70. The van der Waals surface area contributed by atoms with E-state index in [1.807, 2.05) is 30.8 Å². The third kappa shape index (κ3) is 2.30. The van der Waals surface area contributed by atoms with Crippen molar-refractivity contribution in [2.75, 3.05) is 0 Å². The van der Waals surface area contributed by atoms with E-state index in [0.29, 0.717) is 0 Å². The summed E-state index contributed by atoms with van der Waals surface area (Å²) in [6.07, 6.45) is 1.96. The first-order valence-corrected chi connectivity index (χ1v) is 5.77. The third-order valence-electron chi connectivity index (χ3n) is 2.46. The van der Waals surface area contributed by atoms with E-state index < -0.39 is 0 Å². The number of rotatable bonds is 2. The molecule has 0 fully saturated rings. The average molecular weight is 232 g/mol. The number of hydrogen-bond acceptors (Lipinski definition) is 2. The van der Waals surface area contributed by atoms with Crippen molar-refractivity contribution >= 4 is 12.6 Å². The number of hydrogen-bond donors (Lipinski definition) is 1. The summed E-state index contributed by atoms with van der Waals surface area (Å²) in [4.78, 5) is -0.262. The molecule has 84 valence electrons. The minimum Gasteiger partial charge on any atom is -0.257 e. The predicted molar refractivity (Wildman–Crippen MR) is 70.7 cm³/mol. The van der Waals surface area contributed by atoms with E-state index in [9.17, 15) is 0 Å². The van der Waals surface area contributed by atoms with Gasteiger partial charge in [-0.2, -0.15) is 5.10 Å². The molecule has 1 heterocycles. The summed E-state index contributed by atoms with van der Waals surface area (Å²) in [6, 6.07) is 10.4. The molecule has 0 amide bonds. The summed E-state index contributed by atoms with van der Waals surface area (Å²) in [5, 5.41) is 4.53. The Morgan fingerprint density at radius 1 is 1.25 bits per heavy atom. The molecule has 2 aromatic rings. The van der Waals surface area contributed by atoms with E-state index in [4.69, 9.17) is 0 Å². The molecule has 1 aromatic heterocycles. The molecular formula is C13H16N2S. The Kier molecular flexibility index (Phi) is 2.80. The second-order valence-corrected chi connectivity index (χ2v) is 5.60. The molecule has 1 aromatic carbocycles. The molecule has 0 aliphatic rings. The first-order chi connectivity index (χ1) is 7.47. The van der Waals surface area contributed by atoms with Gasteiger partial charge >= 0.3 is 0 Å². The Balaban J connectivity index is 2.39. The van der Waals surface area contributed by atoms with Crippen molar-refractivity contribution in [1.29, 1.82) is 0 Å². The van der Waals surface area contributed by atoms with Crippen molar-refractivity contribution in [2.45, 2.75) is 25.6 Å². The zero-order chi connectivity index (χ0) is 11.8. The first-order valence-electron chi connectivity index (χ1n) is 5.32. The van der Waals surface area contributed by atoms with Gasteiger partial charge in [0.25, 0.3) is 0 Å². The smallest absolute Gasteiger partial charge is 0.0992 e. The monoisotopic (exact) mass is 232 g/mol. The molecule has 0 bridgehead atoms. The highest BCUT2D eigenvalue weighted by molar-refractivity contribution is 7.81. The molecule has 0 saturated heterocycles. The second kappa shape index (κ2) is 3.98. The number of aromatic nitrogens is 2. The highest BCUT2D eigenvalue weighted by Crippen LogP contribution is 2.23. The van der Waals surface area contributed by atoms with Crippen LogP contribution in [0.1, 0.15) is 19.4 Å². The van der Waals surface area contributed by atoms with Gasteiger partial charge in [-0.3, -0.25) is 4.68 Å². The predicted octanol–water partition coefficient (Wildman–Crippen LogP) is 3.48. The SMILES string of the molecule is Cc1cccc(-c2ccn(C(C)(C)S)n2)c1. The summed E-state index contributed by atoms with van der Waals surface area (Å²) in [6.45, 7) is 6.12. The highest BCUT2D eigenvalue weighted by atomic mass is 32.1. The van der Waals surface area contributed by atoms with E-state index >= 15 is 0 Å². The Labute approximate surface area is 102 Å². The summed E-state index contributed by atoms with van der Waals surface area (Å²) in [5.74, 6) is 0. The Hall–Kier alpha value is -1.22. The summed E-state index contributed by atoms with van der Waals surface area (Å²) >= 11 is 4.49. The largest absolute Gasteiger partial charge is 0.257 e. The second-order valence-electron chi connectivity index (χ2n) is 4.51. The summed E-state index contributed by atoms with van der Waals surface area (Å²) in [5.41, 5.74) is 3.39. The molecule has 0 N–H and O–H groups in total. The lowest BCUT2D eigenvalue weighted by Gasteiger charge is -2.17. The van der Waals surface area contributed by atoms with Crippen LogP contribution in [0.3, 0.4) is 0 Å². The molecule has 0 saturated carbocycles. The van der Waals surface area contributed by atoms with Gasteiger partial charge in [-0.05, 0) is 32.9 Å². The molecule has 0 aliphatic carbocycles. The van der Waals surface area contributed by atoms with Gasteiger partial charge in [0, 0.05) is 11.8 Å². The van der Waals surface area contributed by atoms with Crippen molar-refractivity contribution in [3.8, 4) is 11.3 Å². The van der Waals surface area contributed by atoms with Crippen LogP contribution in [0.5, 0.6) is 0 Å². The van der Waals surface area contributed by atoms with Crippen molar-refractivity contribution in [3.63, 3.8) is 0 Å². The Morgan fingerprint density at radius 3 is 2.56 bits per heavy atom. The zero-order valence-corrected chi connectivity index (χ0v) is 10.7. The number of thiol groups is 1. The minimum absolute atomic E-state index is 0.262. The van der Waals surface area contributed by atoms with Crippen LogP contribution in [-0.4, -0.2) is 9.78 Å². The van der Waals surface area contributed by atoms with Crippen LogP contribution in [0.2, 0.25) is 0 Å². The molecule has 0 aliphatic heterocycles. The Bertz CT molecular complexity index is 495. The van der Waals surface area contributed by atoms with Gasteiger partial charge in [-0.25, -0.2) is 0 Å². The van der Waals surface area contributed by atoms with Gasteiger partial charge in [0.1, 0.15) is 0 Å². The van der Waals surface area contributed by atoms with Crippen LogP contribution >= 0.6 is 12.6 Å². The van der Waals surface area contributed by atoms with Crippen LogP contribution in [0.4, 0.5) is 0 Å². The van der Waals surface area contributed by atoms with Gasteiger partial charge in [-0.15, -0.1) is 12.6 Å². The highest BCUT2D eigenvalue weighted by Gasteiger charge is 2.15. The lowest BCUT2D eigenvalue weighted by molar-refractivity contribution is 0.483. The quantitative estimate of drug-likeness (QED) is 0.785. The van der Waals surface area contributed by atoms with Gasteiger partial charge in [0.2, 0.25) is 0 Å². The molecule has 0 spiro atoms. The summed E-state index contributed by atoms with van der Waals surface area (Å²) < 4.78 is 1.87. The number of aryl methyl sites for hydroxylation is 1. The minimum atomic E-state index is -0.262. The third-order valence-corrected chi connectivity index (χ3v) is 2.67. The normalized spacial score (nSPS) is 11.8. The molecule has 2 rings (SSSR count). The van der Waals surface area contributed by atoms with Gasteiger partial charge in [-0.1, -0.05) is 23.8 Å². The van der Waals surface area contributed by atoms with Gasteiger partial charge in [0.15, 0.2) is 0 Å². The van der Waals surface area contributed by atoms with Crippen molar-refractivity contribution in [2.24, 2.45) is 0 Å². The molecule has 0 radical (unpaired) electrons. The molecule has 3 heteroatoms. The lowest BCUT2D eigenvalue weighted by Crippen LogP contribution is -2.19. The van der Waals surface area contributed by atoms with Gasteiger partial charge < -0.3 is 0 Å².